The molecule has 5 nitrogen and oxygen atoms in total. The van der Waals surface area contributed by atoms with E-state index >= 15 is 0 Å². The lowest BCUT2D eigenvalue weighted by molar-refractivity contribution is -0.0408. The largest absolute Gasteiger partial charge is 0.460 e. The lowest BCUT2D eigenvalue weighted by Crippen LogP contribution is -2.39. The lowest BCUT2D eigenvalue weighted by Gasteiger charge is -2.40. The van der Waals surface area contributed by atoms with E-state index in [1.54, 1.807) is 7.11 Å². The summed E-state index contributed by atoms with van der Waals surface area (Å²) in [5.74, 6) is -1.48. The minimum Gasteiger partial charge on any atom is -0.460 e. The summed E-state index contributed by atoms with van der Waals surface area (Å²) in [4.78, 5) is 16.2. The van der Waals surface area contributed by atoms with Crippen molar-refractivity contribution in [1.29, 1.82) is 0 Å². The molecule has 0 N–H and O–H groups in total. The minimum absolute atomic E-state index is 0.128. The summed E-state index contributed by atoms with van der Waals surface area (Å²) in [6.07, 6.45) is 4.35. The van der Waals surface area contributed by atoms with Crippen molar-refractivity contribution in [1.82, 2.24) is 9.55 Å². The highest BCUT2D eigenvalue weighted by atomic mass is 19.1. The van der Waals surface area contributed by atoms with Gasteiger partial charge in [-0.15, -0.1) is 0 Å². The van der Waals surface area contributed by atoms with Gasteiger partial charge in [-0.2, -0.15) is 4.39 Å². The Hall–Kier alpha value is -2.21. The van der Waals surface area contributed by atoms with Crippen LogP contribution in [0.1, 0.15) is 48.3 Å². The van der Waals surface area contributed by atoms with Gasteiger partial charge in [0.2, 0.25) is 5.95 Å². The fourth-order valence-electron chi connectivity index (χ4n) is 3.31. The molecule has 1 aromatic heterocycles. The van der Waals surface area contributed by atoms with Crippen molar-refractivity contribution in [2.75, 3.05) is 20.3 Å². The van der Waals surface area contributed by atoms with Crippen LogP contribution in [0.3, 0.4) is 0 Å². The van der Waals surface area contributed by atoms with Crippen LogP contribution < -0.4 is 0 Å². The third kappa shape index (κ3) is 3.58. The summed E-state index contributed by atoms with van der Waals surface area (Å²) >= 11 is 0. The number of hydrogen-bond acceptors (Lipinski definition) is 4. The van der Waals surface area contributed by atoms with E-state index in [0.717, 1.165) is 24.8 Å². The van der Waals surface area contributed by atoms with Crippen LogP contribution in [-0.2, 0) is 9.47 Å². The average Bonchev–Trinajstić information content (AvgIpc) is 2.98. The highest BCUT2D eigenvalue weighted by molar-refractivity contribution is 5.87. The van der Waals surface area contributed by atoms with Gasteiger partial charge in [0.15, 0.2) is 5.69 Å². The average molecular weight is 346 g/mol. The predicted molar refractivity (Wildman–Crippen MR) is 90.9 cm³/mol. The van der Waals surface area contributed by atoms with Crippen LogP contribution in [0.4, 0.5) is 4.39 Å². The summed E-state index contributed by atoms with van der Waals surface area (Å²) in [6, 6.07) is 9.36. The predicted octanol–water partition coefficient (Wildman–Crippen LogP) is 3.61. The van der Waals surface area contributed by atoms with Crippen LogP contribution in [0.25, 0.3) is 0 Å². The van der Waals surface area contributed by atoms with Gasteiger partial charge >= 0.3 is 5.97 Å². The Morgan fingerprint density at radius 1 is 1.32 bits per heavy atom. The molecule has 1 aromatic carbocycles. The van der Waals surface area contributed by atoms with Gasteiger partial charge in [-0.1, -0.05) is 36.8 Å². The number of methoxy groups -OCH3 is 1. The van der Waals surface area contributed by atoms with Crippen molar-refractivity contribution in [3.8, 4) is 0 Å². The van der Waals surface area contributed by atoms with Gasteiger partial charge in [-0.3, -0.25) is 0 Å². The topological polar surface area (TPSA) is 53.4 Å². The van der Waals surface area contributed by atoms with Crippen LogP contribution in [-0.4, -0.2) is 35.8 Å². The van der Waals surface area contributed by atoms with Gasteiger partial charge in [0, 0.05) is 12.5 Å². The smallest absolute Gasteiger partial charge is 0.359 e. The molecule has 25 heavy (non-hydrogen) atoms. The van der Waals surface area contributed by atoms with Crippen molar-refractivity contribution in [2.45, 2.75) is 32.2 Å². The van der Waals surface area contributed by atoms with E-state index in [0.29, 0.717) is 6.61 Å². The van der Waals surface area contributed by atoms with Crippen molar-refractivity contribution in [3.63, 3.8) is 0 Å². The standard InChI is InChI=1S/C19H23FN2O3/c1-14(15-7-4-3-5-8-15)22-13-21-17(20)16(22)18(23)25-12-19(11-24-2)9-6-10-19/h3-5,7-8,13-14H,6,9-12H2,1-2H3/t14-/m1/s1. The van der Waals surface area contributed by atoms with Crippen LogP contribution in [0.2, 0.25) is 0 Å². The second kappa shape index (κ2) is 7.35. The second-order valence-corrected chi connectivity index (χ2v) is 6.74. The number of rotatable bonds is 7. The number of hydrogen-bond donors (Lipinski definition) is 0. The van der Waals surface area contributed by atoms with Gasteiger partial charge in [0.25, 0.3) is 0 Å². The van der Waals surface area contributed by atoms with Crippen molar-refractivity contribution in [2.24, 2.45) is 5.41 Å². The number of halogens is 1. The first kappa shape index (κ1) is 17.6. The number of carbonyl (C=O) groups excluding carboxylic acids is 1. The first-order valence-corrected chi connectivity index (χ1v) is 8.50. The summed E-state index contributed by atoms with van der Waals surface area (Å²) < 4.78 is 26.3. The maximum absolute atomic E-state index is 14.1. The maximum atomic E-state index is 14.1. The number of carbonyl (C=O) groups is 1. The van der Waals surface area contributed by atoms with E-state index in [9.17, 15) is 9.18 Å². The number of nitrogens with zero attached hydrogens (tertiary/aromatic N) is 2. The first-order chi connectivity index (χ1) is 12.1. The Kier molecular flexibility index (Phi) is 5.18. The lowest BCUT2D eigenvalue weighted by atomic mass is 9.70. The molecule has 0 spiro atoms. The number of imidazole rings is 1. The van der Waals surface area contributed by atoms with Crippen LogP contribution in [0.15, 0.2) is 36.7 Å². The molecule has 6 heteroatoms. The molecule has 0 unspecified atom stereocenters. The zero-order valence-corrected chi connectivity index (χ0v) is 14.6. The number of benzene rings is 1. The van der Waals surface area contributed by atoms with Crippen molar-refractivity contribution < 1.29 is 18.7 Å². The quantitative estimate of drug-likeness (QED) is 0.719. The van der Waals surface area contributed by atoms with E-state index in [4.69, 9.17) is 9.47 Å². The Morgan fingerprint density at radius 3 is 2.64 bits per heavy atom. The molecular formula is C19H23FN2O3. The van der Waals surface area contributed by atoms with E-state index in [-0.39, 0.29) is 23.8 Å². The molecule has 1 saturated carbocycles. The van der Waals surface area contributed by atoms with E-state index in [1.807, 2.05) is 37.3 Å². The molecule has 0 aliphatic heterocycles. The Balaban J connectivity index is 1.76. The highest BCUT2D eigenvalue weighted by Gasteiger charge is 2.39. The van der Waals surface area contributed by atoms with Crippen LogP contribution >= 0.6 is 0 Å². The summed E-state index contributed by atoms with van der Waals surface area (Å²) in [6.45, 7) is 2.68. The van der Waals surface area contributed by atoms with Gasteiger partial charge < -0.3 is 14.0 Å². The zero-order valence-electron chi connectivity index (χ0n) is 14.6. The van der Waals surface area contributed by atoms with Gasteiger partial charge in [0.1, 0.15) is 0 Å². The second-order valence-electron chi connectivity index (χ2n) is 6.74. The van der Waals surface area contributed by atoms with Crippen molar-refractivity contribution >= 4 is 5.97 Å². The molecule has 1 aliphatic rings. The van der Waals surface area contributed by atoms with E-state index in [2.05, 4.69) is 4.98 Å². The third-order valence-corrected chi connectivity index (χ3v) is 5.02. The molecule has 1 heterocycles. The molecule has 3 rings (SSSR count). The zero-order chi connectivity index (χ0) is 17.9. The molecular weight excluding hydrogens is 323 g/mol. The molecule has 1 fully saturated rings. The van der Waals surface area contributed by atoms with Crippen molar-refractivity contribution in [3.05, 3.63) is 53.9 Å². The summed E-state index contributed by atoms with van der Waals surface area (Å²) in [5.41, 5.74) is 0.698. The highest BCUT2D eigenvalue weighted by Crippen LogP contribution is 2.41. The Morgan fingerprint density at radius 2 is 2.04 bits per heavy atom. The van der Waals surface area contributed by atoms with Gasteiger partial charge in [0.05, 0.1) is 25.6 Å². The maximum Gasteiger partial charge on any atom is 0.359 e. The molecule has 134 valence electrons. The van der Waals surface area contributed by atoms with E-state index < -0.39 is 11.9 Å². The molecule has 0 bridgehead atoms. The number of aromatic nitrogens is 2. The molecule has 1 atom stereocenters. The monoisotopic (exact) mass is 346 g/mol. The minimum atomic E-state index is -0.804. The fraction of sp³-hybridized carbons (Fsp3) is 0.474. The Labute approximate surface area is 146 Å². The van der Waals surface area contributed by atoms with Gasteiger partial charge in [-0.25, -0.2) is 9.78 Å². The first-order valence-electron chi connectivity index (χ1n) is 8.50. The Bertz CT molecular complexity index is 726. The SMILES string of the molecule is COCC1(COC(=O)c2c(F)ncn2[C@H](C)c2ccccc2)CCC1. The summed E-state index contributed by atoms with van der Waals surface area (Å²) in [7, 11) is 1.64. The number of esters is 1. The third-order valence-electron chi connectivity index (χ3n) is 5.02. The van der Waals surface area contributed by atoms with Crippen LogP contribution in [0.5, 0.6) is 0 Å². The number of ether oxygens (including phenoxy) is 2. The normalized spacial score (nSPS) is 16.9. The molecule has 2 aromatic rings. The molecule has 1 aliphatic carbocycles. The summed E-state index contributed by atoms with van der Waals surface area (Å²) in [5, 5.41) is 0. The molecule has 0 saturated heterocycles. The van der Waals surface area contributed by atoms with Gasteiger partial charge in [-0.05, 0) is 25.3 Å². The fourth-order valence-corrected chi connectivity index (χ4v) is 3.31. The molecule has 0 radical (unpaired) electrons. The molecule has 0 amide bonds. The van der Waals surface area contributed by atoms with Crippen LogP contribution in [0, 0.1) is 11.4 Å². The van der Waals surface area contributed by atoms with E-state index in [1.165, 1.54) is 10.9 Å².